The number of rotatable bonds is 5. The highest BCUT2D eigenvalue weighted by atomic mass is 16.1. The number of carbonyl (C=O) groups excluding carboxylic acids is 1. The van der Waals surface area contributed by atoms with Crippen LogP contribution < -0.4 is 5.32 Å². The maximum absolute atomic E-state index is 12.3. The minimum Gasteiger partial charge on any atom is -0.348 e. The second-order valence-electron chi connectivity index (χ2n) is 6.40. The Balaban J connectivity index is 1.39. The molecule has 4 aromatic heterocycles. The topological polar surface area (TPSA) is 90.5 Å². The van der Waals surface area contributed by atoms with Gasteiger partial charge in [-0.2, -0.15) is 10.2 Å². The van der Waals surface area contributed by atoms with Crippen molar-refractivity contribution in [2.75, 3.05) is 0 Å². The third-order valence-corrected chi connectivity index (χ3v) is 4.24. The molecule has 0 saturated carbocycles. The Hall–Kier alpha value is -3.81. The fraction of sp³-hybridized carbons (Fsp3) is 0.150. The molecule has 1 N–H and O–H groups in total. The summed E-state index contributed by atoms with van der Waals surface area (Å²) in [6.07, 6.45) is 6.75. The normalized spacial score (nSPS) is 10.8. The van der Waals surface area contributed by atoms with Gasteiger partial charge >= 0.3 is 0 Å². The summed E-state index contributed by atoms with van der Waals surface area (Å²) in [6, 6.07) is 11.1. The first-order valence-corrected chi connectivity index (χ1v) is 8.83. The molecule has 0 aliphatic carbocycles. The molecule has 4 heterocycles. The van der Waals surface area contributed by atoms with Gasteiger partial charge < -0.3 is 5.32 Å². The zero-order valence-corrected chi connectivity index (χ0v) is 15.6. The zero-order valence-electron chi connectivity index (χ0n) is 15.6. The SMILES string of the molecule is Cc1cc(C)n(-c2ccc(CNC(=O)c3ccc(-n4cccn4)nc3)cn2)n1. The van der Waals surface area contributed by atoms with Crippen LogP contribution in [0.25, 0.3) is 11.6 Å². The van der Waals surface area contributed by atoms with Crippen molar-refractivity contribution in [2.24, 2.45) is 0 Å². The summed E-state index contributed by atoms with van der Waals surface area (Å²) in [5, 5.41) is 11.4. The lowest BCUT2D eigenvalue weighted by molar-refractivity contribution is 0.0950. The van der Waals surface area contributed by atoms with Crippen LogP contribution in [0.2, 0.25) is 0 Å². The van der Waals surface area contributed by atoms with Crippen LogP contribution in [0.15, 0.2) is 61.2 Å². The molecule has 4 rings (SSSR count). The lowest BCUT2D eigenvalue weighted by atomic mass is 10.2. The molecule has 0 aromatic carbocycles. The Morgan fingerprint density at radius 3 is 2.50 bits per heavy atom. The van der Waals surface area contributed by atoms with Gasteiger partial charge in [0.15, 0.2) is 11.6 Å². The number of pyridine rings is 2. The molecule has 4 aromatic rings. The maximum Gasteiger partial charge on any atom is 0.253 e. The van der Waals surface area contributed by atoms with Crippen LogP contribution in [-0.2, 0) is 6.54 Å². The maximum atomic E-state index is 12.3. The lowest BCUT2D eigenvalue weighted by Gasteiger charge is -2.07. The summed E-state index contributed by atoms with van der Waals surface area (Å²) in [4.78, 5) is 21.1. The number of amides is 1. The first-order valence-electron chi connectivity index (χ1n) is 8.83. The molecule has 28 heavy (non-hydrogen) atoms. The van der Waals surface area contributed by atoms with Gasteiger partial charge in [-0.1, -0.05) is 6.07 Å². The highest BCUT2D eigenvalue weighted by molar-refractivity contribution is 5.93. The second kappa shape index (κ2) is 7.43. The van der Waals surface area contributed by atoms with Crippen LogP contribution >= 0.6 is 0 Å². The van der Waals surface area contributed by atoms with Crippen LogP contribution in [0.5, 0.6) is 0 Å². The van der Waals surface area contributed by atoms with E-state index in [1.54, 1.807) is 40.1 Å². The third-order valence-electron chi connectivity index (χ3n) is 4.24. The van der Waals surface area contributed by atoms with Gasteiger partial charge in [-0.15, -0.1) is 0 Å². The summed E-state index contributed by atoms with van der Waals surface area (Å²) < 4.78 is 3.43. The number of aromatic nitrogens is 6. The third kappa shape index (κ3) is 3.66. The fourth-order valence-corrected chi connectivity index (χ4v) is 2.85. The molecule has 1 amide bonds. The van der Waals surface area contributed by atoms with Crippen LogP contribution in [0, 0.1) is 13.8 Å². The second-order valence-corrected chi connectivity index (χ2v) is 6.40. The summed E-state index contributed by atoms with van der Waals surface area (Å²) >= 11 is 0. The molecule has 0 saturated heterocycles. The molecular formula is C20H19N7O. The van der Waals surface area contributed by atoms with E-state index in [1.165, 1.54) is 6.20 Å². The molecule has 0 fully saturated rings. The van der Waals surface area contributed by atoms with E-state index in [1.807, 2.05) is 38.1 Å². The smallest absolute Gasteiger partial charge is 0.253 e. The molecular weight excluding hydrogens is 354 g/mol. The van der Waals surface area contributed by atoms with E-state index in [2.05, 4.69) is 25.5 Å². The van der Waals surface area contributed by atoms with Crippen LogP contribution in [-0.4, -0.2) is 35.4 Å². The van der Waals surface area contributed by atoms with Crippen molar-refractivity contribution in [3.8, 4) is 11.6 Å². The first-order chi connectivity index (χ1) is 13.6. The van der Waals surface area contributed by atoms with E-state index in [0.717, 1.165) is 22.8 Å². The van der Waals surface area contributed by atoms with Gasteiger partial charge in [0, 0.05) is 37.0 Å². The Kier molecular flexibility index (Phi) is 4.67. The van der Waals surface area contributed by atoms with Crippen molar-refractivity contribution >= 4 is 5.91 Å². The molecule has 8 nitrogen and oxygen atoms in total. The number of hydrogen-bond donors (Lipinski definition) is 1. The van der Waals surface area contributed by atoms with Gasteiger partial charge in [0.2, 0.25) is 0 Å². The highest BCUT2D eigenvalue weighted by Gasteiger charge is 2.08. The molecule has 140 valence electrons. The van der Waals surface area contributed by atoms with Gasteiger partial charge in [-0.05, 0) is 49.7 Å². The average Bonchev–Trinajstić information content (AvgIpc) is 3.36. The number of aryl methyl sites for hydroxylation is 2. The Morgan fingerprint density at radius 2 is 1.89 bits per heavy atom. The minimum absolute atomic E-state index is 0.192. The molecule has 0 spiro atoms. The standard InChI is InChI=1S/C20H19N7O/c1-14-10-15(2)27(25-14)19-6-4-16(11-21-19)12-23-20(28)17-5-7-18(22-13-17)26-9-3-8-24-26/h3-11,13H,12H2,1-2H3,(H,23,28). The molecule has 0 aliphatic heterocycles. The predicted octanol–water partition coefficient (Wildman–Crippen LogP) is 2.39. The predicted molar refractivity (Wildman–Crippen MR) is 103 cm³/mol. The van der Waals surface area contributed by atoms with Gasteiger partial charge in [0.1, 0.15) is 0 Å². The average molecular weight is 373 g/mol. The quantitative estimate of drug-likeness (QED) is 0.580. The zero-order chi connectivity index (χ0) is 19.5. The van der Waals surface area contributed by atoms with Crippen molar-refractivity contribution < 1.29 is 4.79 Å². The highest BCUT2D eigenvalue weighted by Crippen LogP contribution is 2.10. The van der Waals surface area contributed by atoms with E-state index in [-0.39, 0.29) is 5.91 Å². The van der Waals surface area contributed by atoms with E-state index in [4.69, 9.17) is 0 Å². The summed E-state index contributed by atoms with van der Waals surface area (Å²) in [7, 11) is 0. The van der Waals surface area contributed by atoms with E-state index in [9.17, 15) is 4.79 Å². The van der Waals surface area contributed by atoms with Crippen LogP contribution in [0.4, 0.5) is 0 Å². The fourth-order valence-electron chi connectivity index (χ4n) is 2.85. The molecule has 0 bridgehead atoms. The van der Waals surface area contributed by atoms with Gasteiger partial charge in [-0.3, -0.25) is 4.79 Å². The molecule has 0 unspecified atom stereocenters. The molecule has 0 aliphatic rings. The van der Waals surface area contributed by atoms with Crippen molar-refractivity contribution in [3.05, 3.63) is 83.7 Å². The van der Waals surface area contributed by atoms with Crippen molar-refractivity contribution in [1.29, 1.82) is 0 Å². The van der Waals surface area contributed by atoms with Crippen molar-refractivity contribution in [3.63, 3.8) is 0 Å². The van der Waals surface area contributed by atoms with Gasteiger partial charge in [0.05, 0.1) is 11.3 Å². The first kappa shape index (κ1) is 17.6. The Bertz CT molecular complexity index is 1080. The van der Waals surface area contributed by atoms with Gasteiger partial charge in [0.25, 0.3) is 5.91 Å². The monoisotopic (exact) mass is 373 g/mol. The minimum atomic E-state index is -0.192. The molecule has 8 heteroatoms. The molecule has 0 atom stereocenters. The van der Waals surface area contributed by atoms with E-state index >= 15 is 0 Å². The summed E-state index contributed by atoms with van der Waals surface area (Å²) in [5.74, 6) is 1.21. The van der Waals surface area contributed by atoms with E-state index < -0.39 is 0 Å². The lowest BCUT2D eigenvalue weighted by Crippen LogP contribution is -2.23. The van der Waals surface area contributed by atoms with Crippen molar-refractivity contribution in [1.82, 2.24) is 34.8 Å². The Labute approximate surface area is 161 Å². The largest absolute Gasteiger partial charge is 0.348 e. The van der Waals surface area contributed by atoms with Crippen molar-refractivity contribution in [2.45, 2.75) is 20.4 Å². The number of hydrogen-bond acceptors (Lipinski definition) is 5. The van der Waals surface area contributed by atoms with Gasteiger partial charge in [-0.25, -0.2) is 19.3 Å². The van der Waals surface area contributed by atoms with Crippen LogP contribution in [0.3, 0.4) is 0 Å². The number of carbonyl (C=O) groups is 1. The molecule has 0 radical (unpaired) electrons. The summed E-state index contributed by atoms with van der Waals surface area (Å²) in [5.41, 5.74) is 3.36. The number of nitrogens with zero attached hydrogens (tertiary/aromatic N) is 6. The number of nitrogens with one attached hydrogen (secondary N) is 1. The Morgan fingerprint density at radius 1 is 1.07 bits per heavy atom. The summed E-state index contributed by atoms with van der Waals surface area (Å²) in [6.45, 7) is 4.31. The van der Waals surface area contributed by atoms with E-state index in [0.29, 0.717) is 17.9 Å². The van der Waals surface area contributed by atoms with Crippen LogP contribution in [0.1, 0.15) is 27.3 Å².